The number of carboxylic acids is 1. The van der Waals surface area contributed by atoms with Gasteiger partial charge in [0.15, 0.2) is 0 Å². The molecule has 3 aromatic rings. The van der Waals surface area contributed by atoms with Gasteiger partial charge in [0, 0.05) is 17.7 Å². The summed E-state index contributed by atoms with van der Waals surface area (Å²) >= 11 is 0. The van der Waals surface area contributed by atoms with Crippen molar-refractivity contribution in [3.63, 3.8) is 0 Å². The van der Waals surface area contributed by atoms with Gasteiger partial charge in [0.25, 0.3) is 11.8 Å². The van der Waals surface area contributed by atoms with E-state index < -0.39 is 11.6 Å². The van der Waals surface area contributed by atoms with E-state index in [0.717, 1.165) is 47.9 Å². The highest BCUT2D eigenvalue weighted by Crippen LogP contribution is 2.49. The normalized spacial score (nSPS) is 20.6. The van der Waals surface area contributed by atoms with Crippen LogP contribution < -0.4 is 5.32 Å². The third-order valence-corrected chi connectivity index (χ3v) is 9.44. The minimum atomic E-state index is -0.966. The number of carbonyl (C=O) groups excluding carboxylic acids is 2. The molecule has 1 spiro atoms. The second-order valence-corrected chi connectivity index (χ2v) is 13.3. The Labute approximate surface area is 265 Å². The van der Waals surface area contributed by atoms with Gasteiger partial charge in [0.1, 0.15) is 17.1 Å². The molecule has 1 heterocycles. The number of aromatic hydroxyl groups is 1. The standard InChI is InChI=1S/C37H43N3O5/c1-5-31(26-8-12-28(13-9-26)34(44)38-23-20-32(42)43)40-35(45)33(39-37(40)21-18-29(19-22-37)36(2,3)4)27-10-6-24(7-11-27)25-14-16-30(41)17-15-25/h6-17,29,31,41H,5,18-23H2,1-4H3,(H,38,44)(H,42,43)/t29?,31-,37?/m1/s1. The number of hydrogen-bond donors (Lipinski definition) is 3. The first-order chi connectivity index (χ1) is 21.4. The van der Waals surface area contributed by atoms with Crippen LogP contribution in [0.25, 0.3) is 11.1 Å². The summed E-state index contributed by atoms with van der Waals surface area (Å²) in [7, 11) is 0. The second kappa shape index (κ2) is 12.9. The Balaban J connectivity index is 1.44. The van der Waals surface area contributed by atoms with Crippen molar-refractivity contribution in [2.45, 2.75) is 77.9 Å². The molecule has 1 saturated carbocycles. The Bertz CT molecular complexity index is 1560. The molecule has 236 valence electrons. The zero-order valence-corrected chi connectivity index (χ0v) is 26.5. The Hall–Kier alpha value is -4.46. The van der Waals surface area contributed by atoms with Gasteiger partial charge in [-0.15, -0.1) is 0 Å². The van der Waals surface area contributed by atoms with Gasteiger partial charge in [-0.2, -0.15) is 0 Å². The first-order valence-corrected chi connectivity index (χ1v) is 15.8. The van der Waals surface area contributed by atoms with Crippen LogP contribution in [0, 0.1) is 11.3 Å². The molecule has 5 rings (SSSR count). The molecule has 0 unspecified atom stereocenters. The maximum atomic E-state index is 14.4. The molecule has 3 aromatic carbocycles. The average Bonchev–Trinajstić information content (AvgIpc) is 3.29. The molecule has 1 aliphatic carbocycles. The fourth-order valence-electron chi connectivity index (χ4n) is 6.81. The van der Waals surface area contributed by atoms with Crippen molar-refractivity contribution < 1.29 is 24.6 Å². The number of nitrogens with zero attached hydrogens (tertiary/aromatic N) is 2. The topological polar surface area (TPSA) is 119 Å². The summed E-state index contributed by atoms with van der Waals surface area (Å²) in [6.45, 7) is 8.98. The molecule has 1 fully saturated rings. The molecule has 1 aliphatic heterocycles. The second-order valence-electron chi connectivity index (χ2n) is 13.3. The van der Waals surface area contributed by atoms with E-state index in [1.165, 1.54) is 0 Å². The fraction of sp³-hybridized carbons (Fsp3) is 0.405. The van der Waals surface area contributed by atoms with Crippen LogP contribution in [0.3, 0.4) is 0 Å². The largest absolute Gasteiger partial charge is 0.508 e. The van der Waals surface area contributed by atoms with Gasteiger partial charge >= 0.3 is 5.97 Å². The summed E-state index contributed by atoms with van der Waals surface area (Å²) in [4.78, 5) is 45.1. The Morgan fingerprint density at radius 3 is 2.02 bits per heavy atom. The maximum absolute atomic E-state index is 14.4. The van der Waals surface area contributed by atoms with E-state index in [0.29, 0.717) is 23.6 Å². The zero-order valence-electron chi connectivity index (χ0n) is 26.5. The third kappa shape index (κ3) is 6.80. The monoisotopic (exact) mass is 609 g/mol. The number of hydrogen-bond acceptors (Lipinski definition) is 5. The molecule has 3 N–H and O–H groups in total. The van der Waals surface area contributed by atoms with E-state index in [1.807, 2.05) is 53.4 Å². The van der Waals surface area contributed by atoms with E-state index in [1.54, 1.807) is 24.3 Å². The summed E-state index contributed by atoms with van der Waals surface area (Å²) in [5.41, 5.74) is 4.14. The number of phenols is 1. The maximum Gasteiger partial charge on any atom is 0.305 e. The predicted molar refractivity (Wildman–Crippen MR) is 175 cm³/mol. The van der Waals surface area contributed by atoms with Crippen LogP contribution in [0.2, 0.25) is 0 Å². The van der Waals surface area contributed by atoms with Crippen molar-refractivity contribution in [2.75, 3.05) is 6.54 Å². The highest BCUT2D eigenvalue weighted by atomic mass is 16.4. The van der Waals surface area contributed by atoms with Crippen LogP contribution in [-0.2, 0) is 9.59 Å². The SMILES string of the molecule is CC[C@H](c1ccc(C(=O)NCCC(=O)O)cc1)N1C(=O)C(c2ccc(-c3ccc(O)cc3)cc2)=NC12CCC(C(C)(C)C)CC2. The molecular weight excluding hydrogens is 566 g/mol. The quantitative estimate of drug-likeness (QED) is 0.242. The van der Waals surface area contributed by atoms with Crippen molar-refractivity contribution in [1.29, 1.82) is 0 Å². The molecule has 0 bridgehead atoms. The van der Waals surface area contributed by atoms with Crippen molar-refractivity contribution in [3.8, 4) is 16.9 Å². The predicted octanol–water partition coefficient (Wildman–Crippen LogP) is 6.98. The molecule has 0 saturated heterocycles. The number of phenolic OH excluding ortho intramolecular Hbond substituents is 1. The number of aliphatic imine (C=N–C) groups is 1. The summed E-state index contributed by atoms with van der Waals surface area (Å²) in [6, 6.07) is 22.0. The molecule has 8 heteroatoms. The van der Waals surface area contributed by atoms with E-state index in [4.69, 9.17) is 10.1 Å². The van der Waals surface area contributed by atoms with Crippen LogP contribution in [0.15, 0.2) is 77.8 Å². The van der Waals surface area contributed by atoms with Crippen LogP contribution in [0.5, 0.6) is 5.75 Å². The summed E-state index contributed by atoms with van der Waals surface area (Å²) < 4.78 is 0. The molecule has 1 atom stereocenters. The van der Waals surface area contributed by atoms with E-state index in [2.05, 4.69) is 33.0 Å². The van der Waals surface area contributed by atoms with E-state index >= 15 is 0 Å². The Morgan fingerprint density at radius 2 is 1.49 bits per heavy atom. The summed E-state index contributed by atoms with van der Waals surface area (Å²) in [5, 5.41) is 21.2. The minimum Gasteiger partial charge on any atom is -0.508 e. The van der Waals surface area contributed by atoms with Crippen LogP contribution in [-0.4, -0.2) is 50.8 Å². The first kappa shape index (κ1) is 31.9. The molecular formula is C37H43N3O5. The molecule has 0 radical (unpaired) electrons. The lowest BCUT2D eigenvalue weighted by Gasteiger charge is -2.47. The molecule has 45 heavy (non-hydrogen) atoms. The highest BCUT2D eigenvalue weighted by molar-refractivity contribution is 6.46. The van der Waals surface area contributed by atoms with Crippen LogP contribution in [0.1, 0.15) is 93.7 Å². The first-order valence-electron chi connectivity index (χ1n) is 15.8. The smallest absolute Gasteiger partial charge is 0.305 e. The lowest BCUT2D eigenvalue weighted by Crippen LogP contribution is -2.51. The van der Waals surface area contributed by atoms with Crippen LogP contribution in [0.4, 0.5) is 0 Å². The van der Waals surface area contributed by atoms with Gasteiger partial charge < -0.3 is 20.4 Å². The van der Waals surface area contributed by atoms with Crippen molar-refractivity contribution >= 4 is 23.5 Å². The highest BCUT2D eigenvalue weighted by Gasteiger charge is 2.52. The Kier molecular flexibility index (Phi) is 9.14. The van der Waals surface area contributed by atoms with Crippen molar-refractivity contribution in [1.82, 2.24) is 10.2 Å². The third-order valence-electron chi connectivity index (χ3n) is 9.44. The molecule has 2 amide bonds. The lowest BCUT2D eigenvalue weighted by atomic mass is 9.69. The fourth-order valence-corrected chi connectivity index (χ4v) is 6.81. The van der Waals surface area contributed by atoms with E-state index in [9.17, 15) is 19.5 Å². The summed E-state index contributed by atoms with van der Waals surface area (Å²) in [5.74, 6) is -0.614. The minimum absolute atomic E-state index is 0.0594. The Morgan fingerprint density at radius 1 is 0.933 bits per heavy atom. The van der Waals surface area contributed by atoms with Gasteiger partial charge in [-0.05, 0) is 84.4 Å². The van der Waals surface area contributed by atoms with Gasteiger partial charge in [-0.3, -0.25) is 19.4 Å². The number of benzene rings is 3. The van der Waals surface area contributed by atoms with Crippen molar-refractivity contribution in [2.24, 2.45) is 16.3 Å². The van der Waals surface area contributed by atoms with Gasteiger partial charge in [0.05, 0.1) is 12.5 Å². The number of carbonyl (C=O) groups is 3. The summed E-state index contributed by atoms with van der Waals surface area (Å²) in [6.07, 6.45) is 4.08. The lowest BCUT2D eigenvalue weighted by molar-refractivity contribution is -0.137. The average molecular weight is 610 g/mol. The number of nitrogens with one attached hydrogen (secondary N) is 1. The molecule has 0 aromatic heterocycles. The van der Waals surface area contributed by atoms with E-state index in [-0.39, 0.29) is 42.0 Å². The molecule has 2 aliphatic rings. The van der Waals surface area contributed by atoms with Gasteiger partial charge in [-0.25, -0.2) is 0 Å². The number of amides is 2. The zero-order chi connectivity index (χ0) is 32.4. The van der Waals surface area contributed by atoms with Crippen molar-refractivity contribution in [3.05, 3.63) is 89.5 Å². The van der Waals surface area contributed by atoms with Crippen LogP contribution >= 0.6 is 0 Å². The van der Waals surface area contributed by atoms with Gasteiger partial charge in [-0.1, -0.05) is 76.2 Å². The number of rotatable bonds is 9. The number of aliphatic carboxylic acids is 1. The van der Waals surface area contributed by atoms with Gasteiger partial charge in [0.2, 0.25) is 0 Å². The number of carboxylic acid groups (broad SMARTS) is 1. The molecule has 8 nitrogen and oxygen atoms in total.